The molecule has 0 aliphatic heterocycles. The van der Waals surface area contributed by atoms with E-state index in [1.165, 1.54) is 0 Å². The summed E-state index contributed by atoms with van der Waals surface area (Å²) in [5, 5.41) is 8.11. The lowest BCUT2D eigenvalue weighted by Gasteiger charge is -2.06. The van der Waals surface area contributed by atoms with E-state index in [0.29, 0.717) is 0 Å². The summed E-state index contributed by atoms with van der Waals surface area (Å²) in [7, 11) is 0. The molecule has 4 aromatic heterocycles. The maximum atomic E-state index is 4.29. The van der Waals surface area contributed by atoms with Crippen molar-refractivity contribution in [2.75, 3.05) is 0 Å². The highest BCUT2D eigenvalue weighted by molar-refractivity contribution is 5.76. The molecule has 0 spiro atoms. The quantitative estimate of drug-likeness (QED) is 0.507. The Labute approximate surface area is 102 Å². The third-order valence-corrected chi connectivity index (χ3v) is 3.03. The minimum absolute atomic E-state index is 0.846. The number of nitrogens with zero attached hydrogens (tertiary/aromatic N) is 5. The summed E-state index contributed by atoms with van der Waals surface area (Å²) in [4.78, 5) is 4.29. The van der Waals surface area contributed by atoms with Gasteiger partial charge in [-0.2, -0.15) is 0 Å². The van der Waals surface area contributed by atoms with Gasteiger partial charge < -0.3 is 0 Å². The largest absolute Gasteiger partial charge is 0.300 e. The Bertz CT molecular complexity index is 770. The van der Waals surface area contributed by atoms with Crippen LogP contribution in [0.15, 0.2) is 55.2 Å². The highest BCUT2D eigenvalue weighted by atomic mass is 15.2. The SMILES string of the molecule is c1cc(-c2cccn3cnnc23)n2ccnc2c1. The summed E-state index contributed by atoms with van der Waals surface area (Å²) >= 11 is 0. The second-order valence-corrected chi connectivity index (χ2v) is 4.05. The van der Waals surface area contributed by atoms with Gasteiger partial charge in [0.25, 0.3) is 0 Å². The smallest absolute Gasteiger partial charge is 0.169 e. The van der Waals surface area contributed by atoms with E-state index in [9.17, 15) is 0 Å². The highest BCUT2D eigenvalue weighted by Crippen LogP contribution is 2.23. The molecule has 0 amide bonds. The summed E-state index contributed by atoms with van der Waals surface area (Å²) in [5.41, 5.74) is 3.87. The Balaban J connectivity index is 2.13. The van der Waals surface area contributed by atoms with Crippen LogP contribution in [-0.2, 0) is 0 Å². The van der Waals surface area contributed by atoms with Gasteiger partial charge in [0.15, 0.2) is 5.65 Å². The molecule has 0 N–H and O–H groups in total. The molecular weight excluding hydrogens is 226 g/mol. The average molecular weight is 235 g/mol. The van der Waals surface area contributed by atoms with Crippen LogP contribution in [0.3, 0.4) is 0 Å². The second-order valence-electron chi connectivity index (χ2n) is 4.05. The fourth-order valence-corrected chi connectivity index (χ4v) is 2.22. The Morgan fingerprint density at radius 1 is 1.00 bits per heavy atom. The van der Waals surface area contributed by atoms with Gasteiger partial charge in [-0.15, -0.1) is 10.2 Å². The van der Waals surface area contributed by atoms with Crippen LogP contribution in [0, 0.1) is 0 Å². The van der Waals surface area contributed by atoms with Gasteiger partial charge in [0, 0.05) is 24.2 Å². The number of fused-ring (bicyclic) bond motifs is 2. The lowest BCUT2D eigenvalue weighted by Crippen LogP contribution is -1.93. The molecule has 18 heavy (non-hydrogen) atoms. The van der Waals surface area contributed by atoms with Crippen LogP contribution in [0.4, 0.5) is 0 Å². The van der Waals surface area contributed by atoms with Gasteiger partial charge in [0.05, 0.1) is 5.69 Å². The second kappa shape index (κ2) is 3.40. The van der Waals surface area contributed by atoms with Crippen LogP contribution in [0.25, 0.3) is 22.6 Å². The molecule has 0 aliphatic rings. The predicted octanol–water partition coefficient (Wildman–Crippen LogP) is 2.04. The van der Waals surface area contributed by atoms with Crippen LogP contribution < -0.4 is 0 Å². The maximum Gasteiger partial charge on any atom is 0.169 e. The molecule has 86 valence electrons. The van der Waals surface area contributed by atoms with Gasteiger partial charge in [-0.1, -0.05) is 6.07 Å². The van der Waals surface area contributed by atoms with Gasteiger partial charge in [-0.05, 0) is 24.3 Å². The molecule has 0 aromatic carbocycles. The van der Waals surface area contributed by atoms with E-state index in [2.05, 4.69) is 21.2 Å². The normalized spacial score (nSPS) is 11.3. The first kappa shape index (κ1) is 9.35. The molecule has 0 unspecified atom stereocenters. The van der Waals surface area contributed by atoms with Crippen molar-refractivity contribution in [3.8, 4) is 11.3 Å². The molecule has 4 aromatic rings. The molecule has 5 nitrogen and oxygen atoms in total. The molecule has 0 fully saturated rings. The summed E-state index contributed by atoms with van der Waals surface area (Å²) in [6.45, 7) is 0. The van der Waals surface area contributed by atoms with Gasteiger partial charge in [0.1, 0.15) is 12.0 Å². The van der Waals surface area contributed by atoms with Crippen molar-refractivity contribution in [3.05, 3.63) is 55.2 Å². The minimum Gasteiger partial charge on any atom is -0.300 e. The van der Waals surface area contributed by atoms with Gasteiger partial charge in [-0.25, -0.2) is 4.98 Å². The van der Waals surface area contributed by atoms with Crippen molar-refractivity contribution in [3.63, 3.8) is 0 Å². The van der Waals surface area contributed by atoms with Crippen molar-refractivity contribution in [1.29, 1.82) is 0 Å². The number of hydrogen-bond donors (Lipinski definition) is 0. The lowest BCUT2D eigenvalue weighted by atomic mass is 10.2. The maximum absolute atomic E-state index is 4.29. The van der Waals surface area contributed by atoms with Crippen molar-refractivity contribution >= 4 is 11.3 Å². The molecule has 0 saturated carbocycles. The van der Waals surface area contributed by atoms with Crippen molar-refractivity contribution < 1.29 is 0 Å². The fourth-order valence-electron chi connectivity index (χ4n) is 2.22. The monoisotopic (exact) mass is 235 g/mol. The van der Waals surface area contributed by atoms with Crippen LogP contribution >= 0.6 is 0 Å². The van der Waals surface area contributed by atoms with E-state index in [-0.39, 0.29) is 0 Å². The van der Waals surface area contributed by atoms with E-state index in [1.807, 2.05) is 45.5 Å². The molecule has 0 saturated heterocycles. The van der Waals surface area contributed by atoms with E-state index < -0.39 is 0 Å². The lowest BCUT2D eigenvalue weighted by molar-refractivity contribution is 1.10. The molecule has 0 atom stereocenters. The topological polar surface area (TPSA) is 47.5 Å². The van der Waals surface area contributed by atoms with E-state index in [0.717, 1.165) is 22.6 Å². The minimum atomic E-state index is 0.846. The Kier molecular flexibility index (Phi) is 1.77. The molecule has 0 radical (unpaired) electrons. The van der Waals surface area contributed by atoms with E-state index >= 15 is 0 Å². The van der Waals surface area contributed by atoms with Gasteiger partial charge >= 0.3 is 0 Å². The zero-order chi connectivity index (χ0) is 11.9. The first-order valence-corrected chi connectivity index (χ1v) is 5.64. The van der Waals surface area contributed by atoms with Crippen molar-refractivity contribution in [2.24, 2.45) is 0 Å². The number of rotatable bonds is 1. The third-order valence-electron chi connectivity index (χ3n) is 3.03. The van der Waals surface area contributed by atoms with E-state index in [4.69, 9.17) is 0 Å². The zero-order valence-corrected chi connectivity index (χ0v) is 9.43. The highest BCUT2D eigenvalue weighted by Gasteiger charge is 2.08. The predicted molar refractivity (Wildman–Crippen MR) is 67.2 cm³/mol. The summed E-state index contributed by atoms with van der Waals surface area (Å²) in [6.07, 6.45) is 7.38. The molecule has 0 aliphatic carbocycles. The van der Waals surface area contributed by atoms with E-state index in [1.54, 1.807) is 12.5 Å². The number of imidazole rings is 1. The number of aromatic nitrogens is 5. The standard InChI is InChI=1S/C13H9N5/c1-4-11(18-8-6-14-12(18)5-1)10-3-2-7-17-9-15-16-13(10)17/h1-9H. The Morgan fingerprint density at radius 2 is 2.00 bits per heavy atom. The zero-order valence-electron chi connectivity index (χ0n) is 9.43. The van der Waals surface area contributed by atoms with Gasteiger partial charge in [0.2, 0.25) is 0 Å². The summed E-state index contributed by atoms with van der Waals surface area (Å²) in [6, 6.07) is 10.1. The van der Waals surface area contributed by atoms with Crippen LogP contribution in [0.1, 0.15) is 0 Å². The van der Waals surface area contributed by atoms with Crippen molar-refractivity contribution in [2.45, 2.75) is 0 Å². The molecular formula is C13H9N5. The van der Waals surface area contributed by atoms with Crippen LogP contribution in [0.5, 0.6) is 0 Å². The Morgan fingerprint density at radius 3 is 3.00 bits per heavy atom. The third kappa shape index (κ3) is 1.18. The number of hydrogen-bond acceptors (Lipinski definition) is 3. The molecule has 4 heterocycles. The average Bonchev–Trinajstić information content (AvgIpc) is 3.06. The van der Waals surface area contributed by atoms with Gasteiger partial charge in [-0.3, -0.25) is 8.80 Å². The number of pyridine rings is 2. The summed E-state index contributed by atoms with van der Waals surface area (Å²) in [5.74, 6) is 0. The molecule has 0 bridgehead atoms. The first-order chi connectivity index (χ1) is 8.93. The Hall–Kier alpha value is -2.69. The fraction of sp³-hybridized carbons (Fsp3) is 0. The molecule has 5 heteroatoms. The summed E-state index contributed by atoms with van der Waals surface area (Å²) < 4.78 is 3.95. The van der Waals surface area contributed by atoms with Crippen LogP contribution in [0.2, 0.25) is 0 Å². The van der Waals surface area contributed by atoms with Crippen LogP contribution in [-0.4, -0.2) is 24.0 Å². The van der Waals surface area contributed by atoms with Crippen molar-refractivity contribution in [1.82, 2.24) is 24.0 Å². The molecule has 4 rings (SSSR count). The first-order valence-electron chi connectivity index (χ1n) is 5.64.